The quantitative estimate of drug-likeness (QED) is 0.647. The molecule has 1 atom stereocenters. The van der Waals surface area contributed by atoms with E-state index in [0.717, 1.165) is 6.26 Å². The topological polar surface area (TPSA) is 55.4 Å². The third kappa shape index (κ3) is 7.77. The monoisotopic (exact) mass is 181 g/mol. The molecule has 0 saturated carbocycles. The first-order valence-corrected chi connectivity index (χ1v) is 5.32. The Balaban J connectivity index is 3.43. The van der Waals surface area contributed by atoms with Gasteiger partial charge in [-0.1, -0.05) is 0 Å². The SMILES string of the molecule is COC(C)CCNS(C)(=O)=O. The summed E-state index contributed by atoms with van der Waals surface area (Å²) in [6.07, 6.45) is 1.94. The van der Waals surface area contributed by atoms with E-state index >= 15 is 0 Å². The first-order chi connectivity index (χ1) is 4.95. The number of hydrogen-bond donors (Lipinski definition) is 1. The molecule has 0 saturated heterocycles. The van der Waals surface area contributed by atoms with Crippen LogP contribution in [0.15, 0.2) is 0 Å². The molecule has 0 amide bonds. The highest BCUT2D eigenvalue weighted by atomic mass is 32.2. The van der Waals surface area contributed by atoms with Gasteiger partial charge in [-0.15, -0.1) is 0 Å². The van der Waals surface area contributed by atoms with Gasteiger partial charge in [-0.05, 0) is 13.3 Å². The summed E-state index contributed by atoms with van der Waals surface area (Å²) in [6, 6.07) is 0. The lowest BCUT2D eigenvalue weighted by atomic mass is 10.3. The molecule has 0 heterocycles. The molecular formula is C6H15NO3S. The minimum Gasteiger partial charge on any atom is -0.382 e. The zero-order chi connectivity index (χ0) is 8.91. The highest BCUT2D eigenvalue weighted by Crippen LogP contribution is 1.92. The Morgan fingerprint density at radius 2 is 2.09 bits per heavy atom. The van der Waals surface area contributed by atoms with Gasteiger partial charge >= 0.3 is 0 Å². The lowest BCUT2D eigenvalue weighted by Gasteiger charge is -2.08. The van der Waals surface area contributed by atoms with E-state index in [2.05, 4.69) is 4.72 Å². The molecule has 0 aromatic carbocycles. The minimum atomic E-state index is -3.03. The average molecular weight is 181 g/mol. The first kappa shape index (κ1) is 10.9. The van der Waals surface area contributed by atoms with Crippen molar-refractivity contribution < 1.29 is 13.2 Å². The molecule has 1 N–H and O–H groups in total. The van der Waals surface area contributed by atoms with E-state index in [1.807, 2.05) is 6.92 Å². The maximum Gasteiger partial charge on any atom is 0.208 e. The summed E-state index contributed by atoms with van der Waals surface area (Å²) in [4.78, 5) is 0. The van der Waals surface area contributed by atoms with Crippen LogP contribution in [0.3, 0.4) is 0 Å². The van der Waals surface area contributed by atoms with Crippen LogP contribution in [0.1, 0.15) is 13.3 Å². The van der Waals surface area contributed by atoms with E-state index in [9.17, 15) is 8.42 Å². The van der Waals surface area contributed by atoms with Crippen LogP contribution in [0.25, 0.3) is 0 Å². The summed E-state index contributed by atoms with van der Waals surface area (Å²) in [7, 11) is -1.43. The van der Waals surface area contributed by atoms with Crippen molar-refractivity contribution in [3.8, 4) is 0 Å². The Hall–Kier alpha value is -0.130. The number of ether oxygens (including phenoxy) is 1. The highest BCUT2D eigenvalue weighted by molar-refractivity contribution is 7.88. The second kappa shape index (κ2) is 4.69. The van der Waals surface area contributed by atoms with Crippen molar-refractivity contribution in [2.24, 2.45) is 0 Å². The second-order valence-corrected chi connectivity index (χ2v) is 4.33. The minimum absolute atomic E-state index is 0.101. The van der Waals surface area contributed by atoms with Crippen LogP contribution in [0.4, 0.5) is 0 Å². The van der Waals surface area contributed by atoms with Gasteiger partial charge in [0.25, 0.3) is 0 Å². The fourth-order valence-corrected chi connectivity index (χ4v) is 1.05. The number of sulfonamides is 1. The van der Waals surface area contributed by atoms with E-state index in [4.69, 9.17) is 4.74 Å². The molecule has 0 aromatic heterocycles. The van der Waals surface area contributed by atoms with Gasteiger partial charge in [0.2, 0.25) is 10.0 Å². The smallest absolute Gasteiger partial charge is 0.208 e. The van der Waals surface area contributed by atoms with Crippen molar-refractivity contribution >= 4 is 10.0 Å². The molecule has 0 bridgehead atoms. The van der Waals surface area contributed by atoms with Crippen LogP contribution in [-0.2, 0) is 14.8 Å². The Bertz CT molecular complexity index is 188. The number of nitrogens with one attached hydrogen (secondary N) is 1. The predicted molar refractivity (Wildman–Crippen MR) is 43.9 cm³/mol. The van der Waals surface area contributed by atoms with E-state index in [-0.39, 0.29) is 6.10 Å². The van der Waals surface area contributed by atoms with Crippen LogP contribution >= 0.6 is 0 Å². The zero-order valence-corrected chi connectivity index (χ0v) is 7.94. The van der Waals surface area contributed by atoms with Crippen molar-refractivity contribution in [1.82, 2.24) is 4.72 Å². The molecule has 0 aliphatic carbocycles. The van der Waals surface area contributed by atoms with Gasteiger partial charge < -0.3 is 4.74 Å². The average Bonchev–Trinajstić information content (AvgIpc) is 1.85. The molecule has 11 heavy (non-hydrogen) atoms. The molecule has 0 aromatic rings. The third-order valence-electron chi connectivity index (χ3n) is 1.32. The number of rotatable bonds is 5. The standard InChI is InChI=1S/C6H15NO3S/c1-6(10-2)4-5-7-11(3,8)9/h6-7H,4-5H2,1-3H3. The van der Waals surface area contributed by atoms with E-state index in [1.54, 1.807) is 7.11 Å². The van der Waals surface area contributed by atoms with Crippen molar-refractivity contribution in [2.75, 3.05) is 19.9 Å². The number of hydrogen-bond acceptors (Lipinski definition) is 3. The Morgan fingerprint density at radius 1 is 1.55 bits per heavy atom. The molecule has 0 aliphatic rings. The van der Waals surface area contributed by atoms with E-state index in [1.165, 1.54) is 0 Å². The maximum absolute atomic E-state index is 10.5. The fraction of sp³-hybridized carbons (Fsp3) is 1.00. The lowest BCUT2D eigenvalue weighted by Crippen LogP contribution is -2.25. The normalized spacial score (nSPS) is 14.8. The Labute approximate surface area is 68.0 Å². The van der Waals surface area contributed by atoms with Gasteiger partial charge in [0.1, 0.15) is 0 Å². The third-order valence-corrected chi connectivity index (χ3v) is 2.05. The molecule has 0 fully saturated rings. The van der Waals surface area contributed by atoms with Crippen LogP contribution in [0.2, 0.25) is 0 Å². The van der Waals surface area contributed by atoms with Gasteiger partial charge in [0.05, 0.1) is 12.4 Å². The Kier molecular flexibility index (Phi) is 4.63. The number of methoxy groups -OCH3 is 1. The van der Waals surface area contributed by atoms with Crippen LogP contribution in [0, 0.1) is 0 Å². The predicted octanol–water partition coefficient (Wildman–Crippen LogP) is -0.0394. The molecule has 68 valence electrons. The van der Waals surface area contributed by atoms with Gasteiger partial charge in [-0.25, -0.2) is 13.1 Å². The lowest BCUT2D eigenvalue weighted by molar-refractivity contribution is 0.112. The molecule has 0 spiro atoms. The molecular weight excluding hydrogens is 166 g/mol. The molecule has 5 heteroatoms. The molecule has 0 radical (unpaired) electrons. The molecule has 0 aliphatic heterocycles. The summed E-state index contributed by atoms with van der Waals surface area (Å²) in [5.41, 5.74) is 0. The molecule has 1 unspecified atom stereocenters. The van der Waals surface area contributed by atoms with Crippen molar-refractivity contribution in [3.05, 3.63) is 0 Å². The Morgan fingerprint density at radius 3 is 2.45 bits per heavy atom. The van der Waals surface area contributed by atoms with Crippen molar-refractivity contribution in [2.45, 2.75) is 19.4 Å². The summed E-state index contributed by atoms with van der Waals surface area (Å²) in [5, 5.41) is 0. The van der Waals surface area contributed by atoms with Crippen LogP contribution in [0.5, 0.6) is 0 Å². The van der Waals surface area contributed by atoms with Gasteiger partial charge in [0.15, 0.2) is 0 Å². The van der Waals surface area contributed by atoms with Gasteiger partial charge in [-0.2, -0.15) is 0 Å². The van der Waals surface area contributed by atoms with E-state index < -0.39 is 10.0 Å². The van der Waals surface area contributed by atoms with E-state index in [0.29, 0.717) is 13.0 Å². The molecule has 0 rings (SSSR count). The zero-order valence-electron chi connectivity index (χ0n) is 7.12. The summed E-state index contributed by atoms with van der Waals surface area (Å²) in [5.74, 6) is 0. The first-order valence-electron chi connectivity index (χ1n) is 3.43. The van der Waals surface area contributed by atoms with Crippen molar-refractivity contribution in [1.29, 1.82) is 0 Å². The van der Waals surface area contributed by atoms with Crippen LogP contribution < -0.4 is 4.72 Å². The van der Waals surface area contributed by atoms with Crippen LogP contribution in [-0.4, -0.2) is 34.4 Å². The van der Waals surface area contributed by atoms with Crippen molar-refractivity contribution in [3.63, 3.8) is 0 Å². The maximum atomic E-state index is 10.5. The second-order valence-electron chi connectivity index (χ2n) is 2.50. The fourth-order valence-electron chi connectivity index (χ4n) is 0.565. The largest absolute Gasteiger partial charge is 0.382 e. The summed E-state index contributed by atoms with van der Waals surface area (Å²) >= 11 is 0. The highest BCUT2D eigenvalue weighted by Gasteiger charge is 2.02. The summed E-state index contributed by atoms with van der Waals surface area (Å²) < 4.78 is 28.4. The van der Waals surface area contributed by atoms with Gasteiger partial charge in [0, 0.05) is 13.7 Å². The molecule has 4 nitrogen and oxygen atoms in total. The van der Waals surface area contributed by atoms with Gasteiger partial charge in [-0.3, -0.25) is 0 Å². The summed E-state index contributed by atoms with van der Waals surface area (Å²) in [6.45, 7) is 2.33.